The van der Waals surface area contributed by atoms with Gasteiger partial charge in [-0.05, 0) is 36.8 Å². The van der Waals surface area contributed by atoms with Crippen LogP contribution in [0.25, 0.3) is 16.6 Å². The van der Waals surface area contributed by atoms with E-state index in [1.807, 2.05) is 40.9 Å². The van der Waals surface area contributed by atoms with Crippen LogP contribution in [-0.2, 0) is 11.3 Å². The summed E-state index contributed by atoms with van der Waals surface area (Å²) < 4.78 is 8.72. The molecule has 0 bridgehead atoms. The molecule has 0 saturated heterocycles. The first-order valence-electron chi connectivity index (χ1n) is 9.05. The Balaban J connectivity index is 1.50. The number of fused-ring (bicyclic) bond motifs is 3. The molecule has 1 aromatic carbocycles. The van der Waals surface area contributed by atoms with Crippen molar-refractivity contribution in [2.24, 2.45) is 0 Å². The van der Waals surface area contributed by atoms with Crippen LogP contribution in [-0.4, -0.2) is 27.0 Å². The van der Waals surface area contributed by atoms with Crippen molar-refractivity contribution in [2.75, 3.05) is 12.4 Å². The van der Waals surface area contributed by atoms with Crippen molar-refractivity contribution < 1.29 is 9.53 Å². The van der Waals surface area contributed by atoms with Crippen molar-refractivity contribution in [3.05, 3.63) is 71.4 Å². The molecule has 4 aromatic rings. The van der Waals surface area contributed by atoms with Gasteiger partial charge in [-0.1, -0.05) is 6.07 Å². The summed E-state index contributed by atoms with van der Waals surface area (Å²) in [5, 5.41) is 2.86. The van der Waals surface area contributed by atoms with E-state index in [9.17, 15) is 9.59 Å². The van der Waals surface area contributed by atoms with E-state index in [0.717, 1.165) is 11.0 Å². The van der Waals surface area contributed by atoms with Crippen LogP contribution >= 0.6 is 0 Å². The highest BCUT2D eigenvalue weighted by Gasteiger charge is 2.11. The molecule has 7 heteroatoms. The number of pyridine rings is 1. The normalized spacial score (nSPS) is 11.0. The molecule has 3 heterocycles. The molecule has 0 radical (unpaired) electrons. The van der Waals surface area contributed by atoms with Gasteiger partial charge >= 0.3 is 0 Å². The number of hydrogen-bond donors (Lipinski definition) is 1. The van der Waals surface area contributed by atoms with Crippen molar-refractivity contribution in [2.45, 2.75) is 19.4 Å². The Bertz CT molecular complexity index is 1210. The molecule has 0 aliphatic rings. The third kappa shape index (κ3) is 3.34. The number of methoxy groups -OCH3 is 1. The fourth-order valence-electron chi connectivity index (χ4n) is 3.35. The van der Waals surface area contributed by atoms with Gasteiger partial charge in [0, 0.05) is 37.1 Å². The van der Waals surface area contributed by atoms with Crippen LogP contribution in [0.5, 0.6) is 5.75 Å². The van der Waals surface area contributed by atoms with Crippen LogP contribution in [0.1, 0.15) is 12.8 Å². The highest BCUT2D eigenvalue weighted by Crippen LogP contribution is 2.17. The van der Waals surface area contributed by atoms with E-state index in [1.54, 1.807) is 36.2 Å². The summed E-state index contributed by atoms with van der Waals surface area (Å²) >= 11 is 0. The second-order valence-electron chi connectivity index (χ2n) is 6.47. The van der Waals surface area contributed by atoms with E-state index in [2.05, 4.69) is 10.3 Å². The molecule has 0 spiro atoms. The standard InChI is InChI=1S/C21H20N4O3/c1-28-16-6-2-5-15(13-16)23-20(26)8-4-12-25-19-14-22-10-9-17(19)24-11-3-7-18(24)21(25)27/h2-3,5-7,9-11,13-14H,4,8,12H2,1H3,(H,23,26). The predicted molar refractivity (Wildman–Crippen MR) is 108 cm³/mol. The van der Waals surface area contributed by atoms with Gasteiger partial charge in [-0.3, -0.25) is 14.6 Å². The summed E-state index contributed by atoms with van der Waals surface area (Å²) in [5.41, 5.74) is 2.88. The number of carbonyl (C=O) groups is 1. The highest BCUT2D eigenvalue weighted by atomic mass is 16.5. The molecule has 0 unspecified atom stereocenters. The van der Waals surface area contributed by atoms with Gasteiger partial charge < -0.3 is 19.0 Å². The Hall–Kier alpha value is -3.61. The maximum Gasteiger partial charge on any atom is 0.275 e. The molecule has 0 atom stereocenters. The van der Waals surface area contributed by atoms with Gasteiger partial charge in [0.2, 0.25) is 5.91 Å². The van der Waals surface area contributed by atoms with Gasteiger partial charge in [0.05, 0.1) is 24.3 Å². The van der Waals surface area contributed by atoms with Crippen LogP contribution in [0.15, 0.2) is 65.8 Å². The lowest BCUT2D eigenvalue weighted by Gasteiger charge is -2.12. The van der Waals surface area contributed by atoms with Gasteiger partial charge in [-0.25, -0.2) is 0 Å². The summed E-state index contributed by atoms with van der Waals surface area (Å²) in [7, 11) is 1.58. The minimum absolute atomic E-state index is 0.0845. The largest absolute Gasteiger partial charge is 0.497 e. The van der Waals surface area contributed by atoms with Crippen LogP contribution in [0.2, 0.25) is 0 Å². The lowest BCUT2D eigenvalue weighted by Crippen LogP contribution is -2.23. The number of carbonyl (C=O) groups excluding carboxylic acids is 1. The molecule has 3 aromatic heterocycles. The predicted octanol–water partition coefficient (Wildman–Crippen LogP) is 3.08. The number of amides is 1. The zero-order chi connectivity index (χ0) is 19.5. The maximum absolute atomic E-state index is 12.8. The second-order valence-corrected chi connectivity index (χ2v) is 6.47. The summed E-state index contributed by atoms with van der Waals surface area (Å²) in [5.74, 6) is 0.580. The lowest BCUT2D eigenvalue weighted by molar-refractivity contribution is -0.116. The minimum Gasteiger partial charge on any atom is -0.497 e. The SMILES string of the molecule is COc1cccc(NC(=O)CCCn2c(=O)c3cccn3c3ccncc32)c1. The number of aryl methyl sites for hydroxylation is 1. The first-order chi connectivity index (χ1) is 13.7. The van der Waals surface area contributed by atoms with Crippen molar-refractivity contribution in [3.8, 4) is 5.75 Å². The van der Waals surface area contributed by atoms with Crippen molar-refractivity contribution in [1.29, 1.82) is 0 Å². The van der Waals surface area contributed by atoms with E-state index in [1.165, 1.54) is 0 Å². The van der Waals surface area contributed by atoms with E-state index in [-0.39, 0.29) is 11.5 Å². The van der Waals surface area contributed by atoms with E-state index in [0.29, 0.717) is 36.3 Å². The van der Waals surface area contributed by atoms with Gasteiger partial charge in [0.15, 0.2) is 0 Å². The van der Waals surface area contributed by atoms with Crippen molar-refractivity contribution >= 4 is 28.1 Å². The number of hydrogen-bond acceptors (Lipinski definition) is 4. The average molecular weight is 376 g/mol. The molecule has 0 aliphatic carbocycles. The summed E-state index contributed by atoms with van der Waals surface area (Å²) in [6, 6.07) is 12.7. The average Bonchev–Trinajstić information content (AvgIpc) is 3.21. The summed E-state index contributed by atoms with van der Waals surface area (Å²) in [4.78, 5) is 29.3. The van der Waals surface area contributed by atoms with Gasteiger partial charge in [-0.2, -0.15) is 0 Å². The quantitative estimate of drug-likeness (QED) is 0.561. The fraction of sp³-hybridized carbons (Fsp3) is 0.190. The minimum atomic E-state index is -0.104. The molecule has 142 valence electrons. The molecule has 0 saturated carbocycles. The van der Waals surface area contributed by atoms with E-state index in [4.69, 9.17) is 4.74 Å². The van der Waals surface area contributed by atoms with Crippen LogP contribution < -0.4 is 15.6 Å². The van der Waals surface area contributed by atoms with E-state index >= 15 is 0 Å². The van der Waals surface area contributed by atoms with Gasteiger partial charge in [0.25, 0.3) is 5.56 Å². The number of rotatable bonds is 6. The van der Waals surface area contributed by atoms with Gasteiger partial charge in [0.1, 0.15) is 11.3 Å². The first-order valence-corrected chi connectivity index (χ1v) is 9.05. The second kappa shape index (κ2) is 7.56. The zero-order valence-electron chi connectivity index (χ0n) is 15.5. The van der Waals surface area contributed by atoms with Crippen molar-refractivity contribution in [3.63, 3.8) is 0 Å². The zero-order valence-corrected chi connectivity index (χ0v) is 15.5. The Kier molecular flexibility index (Phi) is 4.80. The molecule has 7 nitrogen and oxygen atoms in total. The van der Waals surface area contributed by atoms with Crippen LogP contribution in [0.3, 0.4) is 0 Å². The number of anilines is 1. The van der Waals surface area contributed by atoms with E-state index < -0.39 is 0 Å². The third-order valence-electron chi connectivity index (χ3n) is 4.68. The molecule has 1 N–H and O–H groups in total. The molecule has 1 amide bonds. The van der Waals surface area contributed by atoms with Gasteiger partial charge in [-0.15, -0.1) is 0 Å². The molecule has 4 rings (SSSR count). The monoisotopic (exact) mass is 376 g/mol. The molecular formula is C21H20N4O3. The van der Waals surface area contributed by atoms with Crippen LogP contribution in [0, 0.1) is 0 Å². The Morgan fingerprint density at radius 3 is 2.89 bits per heavy atom. The third-order valence-corrected chi connectivity index (χ3v) is 4.68. The Labute approximate surface area is 161 Å². The Morgan fingerprint density at radius 1 is 1.14 bits per heavy atom. The first kappa shape index (κ1) is 17.8. The summed E-state index contributed by atoms with van der Waals surface area (Å²) in [6.07, 6.45) is 6.10. The molecular weight excluding hydrogens is 356 g/mol. The number of aromatic nitrogens is 3. The maximum atomic E-state index is 12.8. The Morgan fingerprint density at radius 2 is 2.04 bits per heavy atom. The molecule has 0 aliphatic heterocycles. The molecule has 28 heavy (non-hydrogen) atoms. The molecule has 0 fully saturated rings. The number of ether oxygens (including phenoxy) is 1. The number of nitrogens with one attached hydrogen (secondary N) is 1. The van der Waals surface area contributed by atoms with Crippen molar-refractivity contribution in [1.82, 2.24) is 14.0 Å². The topological polar surface area (TPSA) is 77.6 Å². The number of nitrogens with zero attached hydrogens (tertiary/aromatic N) is 3. The highest BCUT2D eigenvalue weighted by molar-refractivity contribution is 5.90. The summed E-state index contributed by atoms with van der Waals surface area (Å²) in [6.45, 7) is 0.439. The van der Waals surface area contributed by atoms with Crippen LogP contribution in [0.4, 0.5) is 5.69 Å². The lowest BCUT2D eigenvalue weighted by atomic mass is 10.2. The number of benzene rings is 1. The smallest absolute Gasteiger partial charge is 0.275 e. The fourth-order valence-corrected chi connectivity index (χ4v) is 3.35.